The van der Waals surface area contributed by atoms with Gasteiger partial charge < -0.3 is 4.74 Å². The summed E-state index contributed by atoms with van der Waals surface area (Å²) in [5.41, 5.74) is 4.89. The summed E-state index contributed by atoms with van der Waals surface area (Å²) < 4.78 is 6.13. The average Bonchev–Trinajstić information content (AvgIpc) is 3.30. The fraction of sp³-hybridized carbons (Fsp3) is 0.355. The second kappa shape index (κ2) is 11.0. The third-order valence-electron chi connectivity index (χ3n) is 7.99. The number of hydrogen-bond acceptors (Lipinski definition) is 6. The van der Waals surface area contributed by atoms with Gasteiger partial charge in [0.1, 0.15) is 12.4 Å². The molecule has 0 N–H and O–H groups in total. The summed E-state index contributed by atoms with van der Waals surface area (Å²) in [5.74, 6) is 0.224. The number of pyridine rings is 1. The SMILES string of the molecule is O=C1c2cccc(OCc3ccc(CN4CCC(c5ccncc5)CC4)cc3)c2CN1N1C(=O)CCCC1=O. The van der Waals surface area contributed by atoms with Gasteiger partial charge in [-0.2, -0.15) is 5.01 Å². The van der Waals surface area contributed by atoms with Gasteiger partial charge in [-0.3, -0.25) is 24.3 Å². The van der Waals surface area contributed by atoms with E-state index in [1.807, 2.05) is 18.5 Å². The Morgan fingerprint density at radius 3 is 2.26 bits per heavy atom. The highest BCUT2D eigenvalue weighted by Crippen LogP contribution is 2.34. The molecule has 1 aromatic heterocycles. The van der Waals surface area contributed by atoms with Gasteiger partial charge in [-0.05, 0) is 79.2 Å². The molecule has 0 bridgehead atoms. The third kappa shape index (κ3) is 5.29. The number of fused-ring (bicyclic) bond motifs is 1. The van der Waals surface area contributed by atoms with Crippen molar-refractivity contribution in [3.63, 3.8) is 0 Å². The highest BCUT2D eigenvalue weighted by molar-refractivity contribution is 6.04. The van der Waals surface area contributed by atoms with Gasteiger partial charge >= 0.3 is 0 Å². The van der Waals surface area contributed by atoms with Gasteiger partial charge in [0.15, 0.2) is 0 Å². The molecule has 39 heavy (non-hydrogen) atoms. The van der Waals surface area contributed by atoms with Crippen LogP contribution >= 0.6 is 0 Å². The van der Waals surface area contributed by atoms with Crippen molar-refractivity contribution in [2.75, 3.05) is 13.1 Å². The van der Waals surface area contributed by atoms with Crippen LogP contribution in [0.1, 0.15) is 70.6 Å². The lowest BCUT2D eigenvalue weighted by atomic mass is 9.90. The van der Waals surface area contributed by atoms with Crippen molar-refractivity contribution in [1.82, 2.24) is 19.9 Å². The number of ether oxygens (including phenoxy) is 1. The van der Waals surface area contributed by atoms with Crippen LogP contribution in [0.4, 0.5) is 0 Å². The van der Waals surface area contributed by atoms with Crippen LogP contribution in [-0.4, -0.2) is 50.7 Å². The summed E-state index contributed by atoms with van der Waals surface area (Å²) in [6.45, 7) is 3.62. The topological polar surface area (TPSA) is 83.1 Å². The fourth-order valence-electron chi connectivity index (χ4n) is 5.82. The molecular formula is C31H32N4O4. The first-order valence-corrected chi connectivity index (χ1v) is 13.7. The van der Waals surface area contributed by atoms with Crippen molar-refractivity contribution >= 4 is 17.7 Å². The summed E-state index contributed by atoms with van der Waals surface area (Å²) in [6, 6.07) is 18.1. The number of benzene rings is 2. The Hall–Kier alpha value is -4.04. The largest absolute Gasteiger partial charge is 0.489 e. The van der Waals surface area contributed by atoms with E-state index >= 15 is 0 Å². The summed E-state index contributed by atoms with van der Waals surface area (Å²) in [5, 5.41) is 2.28. The highest BCUT2D eigenvalue weighted by atomic mass is 16.5. The molecule has 3 aromatic rings. The van der Waals surface area contributed by atoms with Crippen LogP contribution in [0.15, 0.2) is 67.0 Å². The molecule has 2 saturated heterocycles. The average molecular weight is 525 g/mol. The summed E-state index contributed by atoms with van der Waals surface area (Å²) in [6.07, 6.45) is 7.17. The minimum absolute atomic E-state index is 0.151. The van der Waals surface area contributed by atoms with Crippen molar-refractivity contribution in [3.05, 3.63) is 94.8 Å². The number of likely N-dealkylation sites (tertiary alicyclic amines) is 1. The zero-order chi connectivity index (χ0) is 26.8. The van der Waals surface area contributed by atoms with Crippen LogP contribution in [-0.2, 0) is 29.3 Å². The van der Waals surface area contributed by atoms with Crippen LogP contribution in [0.2, 0.25) is 0 Å². The lowest BCUT2D eigenvalue weighted by Crippen LogP contribution is -2.52. The number of amides is 3. The van der Waals surface area contributed by atoms with E-state index in [4.69, 9.17) is 4.74 Å². The number of piperidine rings is 2. The number of hydrazine groups is 1. The predicted octanol–water partition coefficient (Wildman–Crippen LogP) is 4.45. The Labute approximate surface area is 228 Å². The number of carbonyl (C=O) groups excluding carboxylic acids is 3. The minimum atomic E-state index is -0.340. The molecule has 0 radical (unpaired) electrons. The number of imide groups is 1. The first-order chi connectivity index (χ1) is 19.1. The molecule has 3 amide bonds. The van der Waals surface area contributed by atoms with E-state index in [-0.39, 0.29) is 37.1 Å². The molecular weight excluding hydrogens is 492 g/mol. The number of hydrogen-bond donors (Lipinski definition) is 0. The van der Waals surface area contributed by atoms with E-state index in [2.05, 4.69) is 46.3 Å². The minimum Gasteiger partial charge on any atom is -0.489 e. The van der Waals surface area contributed by atoms with E-state index in [1.165, 1.54) is 16.1 Å². The zero-order valence-corrected chi connectivity index (χ0v) is 21.9. The van der Waals surface area contributed by atoms with Gasteiger partial charge in [-0.15, -0.1) is 0 Å². The second-order valence-corrected chi connectivity index (χ2v) is 10.5. The highest BCUT2D eigenvalue weighted by Gasteiger charge is 2.40. The Morgan fingerprint density at radius 2 is 1.54 bits per heavy atom. The van der Waals surface area contributed by atoms with E-state index < -0.39 is 0 Å². The van der Waals surface area contributed by atoms with Crippen molar-refractivity contribution in [2.45, 2.75) is 57.7 Å². The maximum absolute atomic E-state index is 13.0. The molecule has 0 spiro atoms. The van der Waals surface area contributed by atoms with Gasteiger partial charge in [0.2, 0.25) is 11.8 Å². The number of nitrogens with zero attached hydrogens (tertiary/aromatic N) is 4. The first kappa shape index (κ1) is 25.2. The molecule has 200 valence electrons. The Bertz CT molecular complexity index is 1350. The van der Waals surface area contributed by atoms with Crippen molar-refractivity contribution < 1.29 is 19.1 Å². The number of aromatic nitrogens is 1. The molecule has 0 aliphatic carbocycles. The summed E-state index contributed by atoms with van der Waals surface area (Å²) >= 11 is 0. The molecule has 2 fully saturated rings. The number of carbonyl (C=O) groups is 3. The van der Waals surface area contributed by atoms with Gasteiger partial charge in [-0.1, -0.05) is 30.3 Å². The van der Waals surface area contributed by atoms with Crippen molar-refractivity contribution in [1.29, 1.82) is 0 Å². The van der Waals surface area contributed by atoms with Crippen molar-refractivity contribution in [3.8, 4) is 5.75 Å². The van der Waals surface area contributed by atoms with Crippen LogP contribution in [0, 0.1) is 0 Å². The molecule has 0 unspecified atom stereocenters. The molecule has 6 rings (SSSR count). The van der Waals surface area contributed by atoms with E-state index in [0.29, 0.717) is 35.8 Å². The van der Waals surface area contributed by atoms with Gasteiger partial charge in [-0.25, -0.2) is 5.01 Å². The lowest BCUT2D eigenvalue weighted by molar-refractivity contribution is -0.163. The quantitative estimate of drug-likeness (QED) is 0.425. The monoisotopic (exact) mass is 524 g/mol. The first-order valence-electron chi connectivity index (χ1n) is 13.7. The fourth-order valence-corrected chi connectivity index (χ4v) is 5.82. The third-order valence-corrected chi connectivity index (χ3v) is 7.99. The standard InChI is InChI=1S/C31H32N4O4/c36-29-5-2-6-30(37)35(29)34-20-27-26(31(34)38)3-1-4-28(27)39-21-23-9-7-22(8-10-23)19-33-17-13-25(14-18-33)24-11-15-32-16-12-24/h1,3-4,7-12,15-16,25H,2,5-6,13-14,17-21H2. The Morgan fingerprint density at radius 1 is 0.846 bits per heavy atom. The van der Waals surface area contributed by atoms with Crippen molar-refractivity contribution in [2.24, 2.45) is 0 Å². The molecule has 0 saturated carbocycles. The van der Waals surface area contributed by atoms with Crippen LogP contribution < -0.4 is 4.74 Å². The van der Waals surface area contributed by atoms with E-state index in [0.717, 1.165) is 43.0 Å². The molecule has 3 aliphatic heterocycles. The maximum atomic E-state index is 13.0. The molecule has 8 heteroatoms. The van der Waals surface area contributed by atoms with Crippen LogP contribution in [0.3, 0.4) is 0 Å². The number of rotatable bonds is 7. The van der Waals surface area contributed by atoms with E-state index in [1.54, 1.807) is 12.1 Å². The predicted molar refractivity (Wildman–Crippen MR) is 144 cm³/mol. The summed E-state index contributed by atoms with van der Waals surface area (Å²) in [4.78, 5) is 44.4. The molecule has 2 aromatic carbocycles. The van der Waals surface area contributed by atoms with Gasteiger partial charge in [0.05, 0.1) is 12.1 Å². The van der Waals surface area contributed by atoms with Gasteiger partial charge in [0.25, 0.3) is 5.91 Å². The lowest BCUT2D eigenvalue weighted by Gasteiger charge is -2.32. The zero-order valence-electron chi connectivity index (χ0n) is 21.9. The van der Waals surface area contributed by atoms with Gasteiger partial charge in [0, 0.05) is 37.3 Å². The Balaban J connectivity index is 1.04. The smallest absolute Gasteiger partial charge is 0.273 e. The molecule has 3 aliphatic rings. The molecule has 0 atom stereocenters. The molecule has 8 nitrogen and oxygen atoms in total. The second-order valence-electron chi connectivity index (χ2n) is 10.5. The van der Waals surface area contributed by atoms with Crippen LogP contribution in [0.25, 0.3) is 0 Å². The normalized spacial score (nSPS) is 18.5. The Kier molecular flexibility index (Phi) is 7.11. The van der Waals surface area contributed by atoms with E-state index in [9.17, 15) is 14.4 Å². The molecule has 4 heterocycles. The maximum Gasteiger partial charge on any atom is 0.273 e. The van der Waals surface area contributed by atoms with Crippen LogP contribution in [0.5, 0.6) is 5.75 Å². The summed E-state index contributed by atoms with van der Waals surface area (Å²) in [7, 11) is 0.